The molecule has 2 aliphatic carbocycles. The van der Waals surface area contributed by atoms with Crippen molar-refractivity contribution < 1.29 is 23.4 Å². The highest BCUT2D eigenvalue weighted by atomic mass is 19.1. The van der Waals surface area contributed by atoms with E-state index < -0.39 is 17.2 Å². The van der Waals surface area contributed by atoms with Gasteiger partial charge in [-0.05, 0) is 105 Å². The zero-order chi connectivity index (χ0) is 28.9. The monoisotopic (exact) mass is 557 g/mol. The summed E-state index contributed by atoms with van der Waals surface area (Å²) in [6, 6.07) is 12.7. The number of hydrogen-bond donors (Lipinski definition) is 2. The molecule has 6 rings (SSSR count). The second-order valence-electron chi connectivity index (χ2n) is 11.8. The van der Waals surface area contributed by atoms with Gasteiger partial charge in [0, 0.05) is 46.4 Å². The van der Waals surface area contributed by atoms with Gasteiger partial charge in [0.05, 0.1) is 12.7 Å². The molecule has 1 unspecified atom stereocenters. The Kier molecular flexibility index (Phi) is 6.98. The second-order valence-corrected chi connectivity index (χ2v) is 11.8. The lowest BCUT2D eigenvalue weighted by Crippen LogP contribution is -2.30. The van der Waals surface area contributed by atoms with Crippen LogP contribution in [0.2, 0.25) is 0 Å². The normalized spacial score (nSPS) is 16.0. The highest BCUT2D eigenvalue weighted by Crippen LogP contribution is 2.44. The quantitative estimate of drug-likeness (QED) is 0.242. The molecule has 2 fully saturated rings. The molecule has 2 aliphatic rings. The number of rotatable bonds is 9. The highest BCUT2D eigenvalue weighted by molar-refractivity contribution is 6.00. The molecule has 2 saturated carbocycles. The van der Waals surface area contributed by atoms with Crippen LogP contribution in [0.3, 0.4) is 0 Å². The number of pyridine rings is 2. The lowest BCUT2D eigenvalue weighted by Gasteiger charge is -2.24. The predicted octanol–water partition coefficient (Wildman–Crippen LogP) is 6.61. The lowest BCUT2D eigenvalue weighted by atomic mass is 9.90. The molecule has 6 nitrogen and oxygen atoms in total. The predicted molar refractivity (Wildman–Crippen MR) is 153 cm³/mol. The molecule has 0 bridgehead atoms. The summed E-state index contributed by atoms with van der Waals surface area (Å²) in [4.78, 5) is 22.7. The molecule has 0 spiro atoms. The van der Waals surface area contributed by atoms with Crippen molar-refractivity contribution in [3.8, 4) is 17.0 Å². The third kappa shape index (κ3) is 5.66. The number of benzene rings is 2. The Morgan fingerprint density at radius 2 is 1.83 bits per heavy atom. The topological polar surface area (TPSA) is 84.3 Å². The molecular weight excluding hydrogens is 524 g/mol. The van der Waals surface area contributed by atoms with Crippen LogP contribution < -0.4 is 10.1 Å². The van der Waals surface area contributed by atoms with Crippen molar-refractivity contribution in [3.63, 3.8) is 0 Å². The van der Waals surface area contributed by atoms with Gasteiger partial charge >= 0.3 is 0 Å². The third-order valence-electron chi connectivity index (χ3n) is 8.11. The summed E-state index contributed by atoms with van der Waals surface area (Å²) in [5.41, 5.74) is 2.04. The molecule has 8 heteroatoms. The van der Waals surface area contributed by atoms with Gasteiger partial charge in [-0.25, -0.2) is 13.8 Å². The van der Waals surface area contributed by atoms with Crippen molar-refractivity contribution in [3.05, 3.63) is 88.7 Å². The summed E-state index contributed by atoms with van der Waals surface area (Å²) in [7, 11) is 1.56. The van der Waals surface area contributed by atoms with Crippen LogP contribution in [0.25, 0.3) is 22.2 Å². The first-order valence-electron chi connectivity index (χ1n) is 14.1. The maximum Gasteiger partial charge on any atom is 0.251 e. The lowest BCUT2D eigenvalue weighted by molar-refractivity contribution is 0.0742. The molecule has 2 N–H and O–H groups in total. The highest BCUT2D eigenvalue weighted by Gasteiger charge is 2.36. The van der Waals surface area contributed by atoms with Crippen LogP contribution in [-0.2, 0) is 5.60 Å². The second kappa shape index (κ2) is 10.5. The van der Waals surface area contributed by atoms with Gasteiger partial charge in [-0.1, -0.05) is 0 Å². The number of nitrogens with one attached hydrogen (secondary N) is 1. The van der Waals surface area contributed by atoms with Gasteiger partial charge in [-0.2, -0.15) is 0 Å². The number of hydrogen-bond acceptors (Lipinski definition) is 5. The molecule has 1 atom stereocenters. The van der Waals surface area contributed by atoms with Crippen LogP contribution in [-0.4, -0.2) is 34.6 Å². The number of methoxy groups -OCH3 is 1. The molecule has 2 aromatic heterocycles. The van der Waals surface area contributed by atoms with Crippen molar-refractivity contribution in [2.45, 2.75) is 57.0 Å². The Balaban J connectivity index is 1.31. The summed E-state index contributed by atoms with van der Waals surface area (Å²) in [6.07, 6.45) is 6.12. The Hall–Kier alpha value is -3.91. The zero-order valence-corrected chi connectivity index (χ0v) is 23.4. The number of aromatic nitrogens is 2. The number of aliphatic hydroxyl groups is 1. The van der Waals surface area contributed by atoms with E-state index >= 15 is 4.39 Å². The first kappa shape index (κ1) is 27.3. The molecule has 0 radical (unpaired) electrons. The SMILES string of the molecule is COc1cc(C(=O)NCC(c2cc(C(C)(C)O)c(F)c(-c3ccc(F)cc3)n2)C2CC2)cc2cc(C3CC3)cnc12. The van der Waals surface area contributed by atoms with Crippen LogP contribution in [0.1, 0.15) is 78.5 Å². The maximum atomic E-state index is 15.6. The molecule has 4 aromatic rings. The molecule has 41 heavy (non-hydrogen) atoms. The number of carbonyl (C=O) groups is 1. The van der Waals surface area contributed by atoms with Crippen molar-refractivity contribution in [1.29, 1.82) is 0 Å². The van der Waals surface area contributed by atoms with Crippen molar-refractivity contribution in [2.75, 3.05) is 13.7 Å². The molecule has 2 aromatic carbocycles. The van der Waals surface area contributed by atoms with Crippen LogP contribution in [0.15, 0.2) is 54.7 Å². The summed E-state index contributed by atoms with van der Waals surface area (Å²) in [6.45, 7) is 3.33. The van der Waals surface area contributed by atoms with Crippen molar-refractivity contribution >= 4 is 16.8 Å². The largest absolute Gasteiger partial charge is 0.494 e. The van der Waals surface area contributed by atoms with E-state index in [2.05, 4.69) is 21.4 Å². The van der Waals surface area contributed by atoms with Crippen molar-refractivity contribution in [1.82, 2.24) is 15.3 Å². The first-order valence-corrected chi connectivity index (χ1v) is 14.1. The minimum Gasteiger partial charge on any atom is -0.494 e. The van der Waals surface area contributed by atoms with Crippen LogP contribution in [0.4, 0.5) is 8.78 Å². The van der Waals surface area contributed by atoms with E-state index in [0.29, 0.717) is 34.0 Å². The minimum absolute atomic E-state index is 0.0508. The fraction of sp³-hybridized carbons (Fsp3) is 0.364. The van der Waals surface area contributed by atoms with Gasteiger partial charge < -0.3 is 15.2 Å². The van der Waals surface area contributed by atoms with Gasteiger partial charge in [0.25, 0.3) is 5.91 Å². The van der Waals surface area contributed by atoms with E-state index in [1.165, 1.54) is 43.7 Å². The van der Waals surface area contributed by atoms with Crippen LogP contribution in [0, 0.1) is 17.6 Å². The summed E-state index contributed by atoms with van der Waals surface area (Å²) < 4.78 is 34.8. The molecule has 212 valence electrons. The van der Waals surface area contributed by atoms with Crippen LogP contribution in [0.5, 0.6) is 5.75 Å². The molecular formula is C33H33F2N3O3. The average molecular weight is 558 g/mol. The number of ether oxygens (including phenoxy) is 1. The first-order chi connectivity index (χ1) is 19.6. The Morgan fingerprint density at radius 1 is 1.10 bits per heavy atom. The standard InChI is InChI=1S/C33H33F2N3O3/c1-33(2,40)26-15-27(38-31(29(26)35)20-8-10-24(34)11-9-20)25(19-6-7-19)17-37-32(39)22-12-21-13-23(18-4-5-18)16-36-30(21)28(14-22)41-3/h8-16,18-19,25,40H,4-7,17H2,1-3H3,(H,37,39). The van der Waals surface area contributed by atoms with Gasteiger partial charge in [-0.3, -0.25) is 9.78 Å². The third-order valence-corrected chi connectivity index (χ3v) is 8.11. The number of nitrogens with zero attached hydrogens (tertiary/aromatic N) is 2. The van der Waals surface area contributed by atoms with Crippen LogP contribution >= 0.6 is 0 Å². The van der Waals surface area contributed by atoms with E-state index in [4.69, 9.17) is 4.74 Å². The fourth-order valence-electron chi connectivity index (χ4n) is 5.46. The number of fused-ring (bicyclic) bond motifs is 1. The molecule has 2 heterocycles. The van der Waals surface area contributed by atoms with Gasteiger partial charge in [0.15, 0.2) is 5.82 Å². The van der Waals surface area contributed by atoms with Gasteiger partial charge in [0.1, 0.15) is 22.8 Å². The molecule has 0 saturated heterocycles. The van der Waals surface area contributed by atoms with E-state index in [1.54, 1.807) is 19.2 Å². The Labute approximate surface area is 237 Å². The molecule has 1 amide bonds. The van der Waals surface area contributed by atoms with Gasteiger partial charge in [0.2, 0.25) is 0 Å². The zero-order valence-electron chi connectivity index (χ0n) is 23.4. The number of halogens is 2. The van der Waals surface area contributed by atoms with E-state index in [-0.39, 0.29) is 35.5 Å². The molecule has 0 aliphatic heterocycles. The smallest absolute Gasteiger partial charge is 0.251 e. The van der Waals surface area contributed by atoms with Crippen molar-refractivity contribution in [2.24, 2.45) is 5.92 Å². The summed E-state index contributed by atoms with van der Waals surface area (Å²) >= 11 is 0. The summed E-state index contributed by atoms with van der Waals surface area (Å²) in [5.74, 6) is -0.188. The maximum absolute atomic E-state index is 15.6. The Morgan fingerprint density at radius 3 is 2.46 bits per heavy atom. The van der Waals surface area contributed by atoms with Gasteiger partial charge in [-0.15, -0.1) is 0 Å². The average Bonchev–Trinajstić information content (AvgIpc) is 3.87. The van der Waals surface area contributed by atoms with E-state index in [9.17, 15) is 14.3 Å². The number of amides is 1. The fourth-order valence-corrected chi connectivity index (χ4v) is 5.46. The minimum atomic E-state index is -1.47. The van der Waals surface area contributed by atoms with E-state index in [0.717, 1.165) is 31.1 Å². The Bertz CT molecular complexity index is 1620. The summed E-state index contributed by atoms with van der Waals surface area (Å²) in [5, 5.41) is 14.7. The van der Waals surface area contributed by atoms with E-state index in [1.807, 2.05) is 12.3 Å². The number of carbonyl (C=O) groups excluding carboxylic acids is 1.